The molecule has 0 aliphatic rings. The number of rotatable bonds is 4. The standard InChI is InChI=1S/C18H15FN6OS.ClH/c1-2-20-17(26)25-18-24-15-14(19)11(10-8-22-23-9-10)7-12(16(15)27-18)13-5-3-4-6-21-13;/h3-9H,2H2,1H3,(H,22,23)(H2,20,24,25,26);1H. The highest BCUT2D eigenvalue weighted by Crippen LogP contribution is 2.40. The number of thiazole rings is 1. The van der Waals surface area contributed by atoms with E-state index >= 15 is 4.39 Å². The van der Waals surface area contributed by atoms with E-state index in [9.17, 15) is 4.79 Å². The third kappa shape index (κ3) is 3.67. The minimum absolute atomic E-state index is 0. The average Bonchev–Trinajstić information content (AvgIpc) is 3.33. The van der Waals surface area contributed by atoms with Gasteiger partial charge in [-0.15, -0.1) is 12.4 Å². The Morgan fingerprint density at radius 2 is 2.18 bits per heavy atom. The van der Waals surface area contributed by atoms with Crippen molar-refractivity contribution in [2.75, 3.05) is 11.9 Å². The van der Waals surface area contributed by atoms with Crippen LogP contribution in [0.5, 0.6) is 0 Å². The molecule has 0 saturated heterocycles. The maximum atomic E-state index is 15.2. The van der Waals surface area contributed by atoms with Gasteiger partial charge in [0, 0.05) is 35.6 Å². The van der Waals surface area contributed by atoms with Crippen molar-refractivity contribution in [3.8, 4) is 22.4 Å². The van der Waals surface area contributed by atoms with Crippen LogP contribution in [0.15, 0.2) is 42.9 Å². The summed E-state index contributed by atoms with van der Waals surface area (Å²) in [6, 6.07) is 6.88. The van der Waals surface area contributed by atoms with Gasteiger partial charge in [0.1, 0.15) is 5.52 Å². The van der Waals surface area contributed by atoms with Gasteiger partial charge in [-0.25, -0.2) is 14.2 Å². The quantitative estimate of drug-likeness (QED) is 0.456. The maximum Gasteiger partial charge on any atom is 0.321 e. The van der Waals surface area contributed by atoms with Gasteiger partial charge in [0.2, 0.25) is 0 Å². The topological polar surface area (TPSA) is 95.6 Å². The second-order valence-corrected chi connectivity index (χ2v) is 6.67. The lowest BCUT2D eigenvalue weighted by Crippen LogP contribution is -2.28. The summed E-state index contributed by atoms with van der Waals surface area (Å²) in [5.74, 6) is -0.466. The highest BCUT2D eigenvalue weighted by Gasteiger charge is 2.20. The van der Waals surface area contributed by atoms with Crippen molar-refractivity contribution in [3.05, 3.63) is 48.7 Å². The summed E-state index contributed by atoms with van der Waals surface area (Å²) >= 11 is 1.21. The van der Waals surface area contributed by atoms with Crippen LogP contribution in [0.25, 0.3) is 32.6 Å². The molecule has 1 aromatic carbocycles. The number of carbonyl (C=O) groups excluding carboxylic acids is 1. The lowest BCUT2D eigenvalue weighted by molar-refractivity contribution is 0.252. The molecule has 4 aromatic rings. The van der Waals surface area contributed by atoms with Crippen LogP contribution in [0, 0.1) is 5.82 Å². The van der Waals surface area contributed by atoms with Gasteiger partial charge in [-0.3, -0.25) is 15.4 Å². The van der Waals surface area contributed by atoms with E-state index in [2.05, 4.69) is 30.8 Å². The largest absolute Gasteiger partial charge is 0.338 e. The minimum Gasteiger partial charge on any atom is -0.338 e. The summed E-state index contributed by atoms with van der Waals surface area (Å²) in [5, 5.41) is 12.2. The number of nitrogens with one attached hydrogen (secondary N) is 3. The number of hydrogen-bond donors (Lipinski definition) is 3. The fourth-order valence-electron chi connectivity index (χ4n) is 2.73. The van der Waals surface area contributed by atoms with Crippen LogP contribution in [0.2, 0.25) is 0 Å². The molecule has 0 radical (unpaired) electrons. The molecule has 144 valence electrons. The number of nitrogens with zero attached hydrogens (tertiary/aromatic N) is 3. The van der Waals surface area contributed by atoms with Gasteiger partial charge in [-0.2, -0.15) is 5.10 Å². The Morgan fingerprint density at radius 1 is 1.32 bits per heavy atom. The molecule has 0 aliphatic heterocycles. The van der Waals surface area contributed by atoms with Crippen LogP contribution >= 0.6 is 23.7 Å². The van der Waals surface area contributed by atoms with Crippen LogP contribution in [-0.4, -0.2) is 32.7 Å². The molecular weight excluding hydrogens is 403 g/mol. The number of amides is 2. The normalized spacial score (nSPS) is 10.5. The van der Waals surface area contributed by atoms with Crippen LogP contribution in [0.3, 0.4) is 0 Å². The van der Waals surface area contributed by atoms with Gasteiger partial charge in [0.15, 0.2) is 10.9 Å². The first-order chi connectivity index (χ1) is 13.2. The zero-order valence-corrected chi connectivity index (χ0v) is 16.3. The molecule has 0 bridgehead atoms. The third-order valence-corrected chi connectivity index (χ3v) is 4.92. The van der Waals surface area contributed by atoms with Crippen molar-refractivity contribution < 1.29 is 9.18 Å². The molecule has 0 saturated carbocycles. The molecule has 0 unspecified atom stereocenters. The molecule has 7 nitrogen and oxygen atoms in total. The van der Waals surface area contributed by atoms with Crippen molar-refractivity contribution in [1.29, 1.82) is 0 Å². The summed E-state index contributed by atoms with van der Waals surface area (Å²) in [6.07, 6.45) is 4.84. The molecule has 10 heteroatoms. The van der Waals surface area contributed by atoms with Crippen molar-refractivity contribution >= 4 is 45.1 Å². The Labute approximate surface area is 169 Å². The highest BCUT2D eigenvalue weighted by molar-refractivity contribution is 7.22. The monoisotopic (exact) mass is 418 g/mol. The molecule has 4 rings (SSSR count). The first-order valence-corrected chi connectivity index (χ1v) is 9.07. The van der Waals surface area contributed by atoms with E-state index in [1.165, 1.54) is 11.3 Å². The number of anilines is 1. The predicted molar refractivity (Wildman–Crippen MR) is 110 cm³/mol. The number of aromatic nitrogens is 4. The number of pyridine rings is 1. The van der Waals surface area contributed by atoms with E-state index in [0.29, 0.717) is 33.2 Å². The predicted octanol–water partition coefficient (Wildman–Crippen LogP) is 4.45. The summed E-state index contributed by atoms with van der Waals surface area (Å²) < 4.78 is 15.8. The van der Waals surface area contributed by atoms with Gasteiger partial charge in [-0.1, -0.05) is 17.4 Å². The Hall–Kier alpha value is -3.04. The van der Waals surface area contributed by atoms with Gasteiger partial charge >= 0.3 is 6.03 Å². The SMILES string of the molecule is CCNC(=O)Nc1nc2c(F)c(-c3cn[nH]c3)cc(-c3ccccn3)c2s1.Cl. The van der Waals surface area contributed by atoms with E-state index in [1.807, 2.05) is 25.1 Å². The number of carbonyl (C=O) groups is 1. The molecule has 28 heavy (non-hydrogen) atoms. The fraction of sp³-hybridized carbons (Fsp3) is 0.111. The number of urea groups is 1. The molecule has 3 aromatic heterocycles. The van der Waals surface area contributed by atoms with Crippen LogP contribution in [0.4, 0.5) is 14.3 Å². The highest BCUT2D eigenvalue weighted by atomic mass is 35.5. The number of benzene rings is 1. The van der Waals surface area contributed by atoms with E-state index in [4.69, 9.17) is 0 Å². The summed E-state index contributed by atoms with van der Waals surface area (Å²) in [7, 11) is 0. The zero-order chi connectivity index (χ0) is 18.8. The molecular formula is C18H16ClFN6OS. The first kappa shape index (κ1) is 19.7. The molecule has 2 amide bonds. The van der Waals surface area contributed by atoms with Gasteiger partial charge < -0.3 is 5.32 Å². The Kier molecular flexibility index (Phi) is 5.86. The summed E-state index contributed by atoms with van der Waals surface area (Å²) in [4.78, 5) is 20.5. The molecule has 0 spiro atoms. The fourth-order valence-corrected chi connectivity index (χ4v) is 3.71. The van der Waals surface area contributed by atoms with Gasteiger partial charge in [0.05, 0.1) is 16.6 Å². The molecule has 3 heterocycles. The molecule has 0 atom stereocenters. The molecule has 0 fully saturated rings. The average molecular weight is 419 g/mol. The van der Waals surface area contributed by atoms with Gasteiger partial charge in [0.25, 0.3) is 0 Å². The number of H-pyrrole nitrogens is 1. The smallest absolute Gasteiger partial charge is 0.321 e. The molecule has 3 N–H and O–H groups in total. The third-order valence-electron chi connectivity index (χ3n) is 3.91. The zero-order valence-electron chi connectivity index (χ0n) is 14.7. The van der Waals surface area contributed by atoms with E-state index < -0.39 is 5.82 Å². The van der Waals surface area contributed by atoms with Gasteiger partial charge in [-0.05, 0) is 25.1 Å². The van der Waals surface area contributed by atoms with Crippen molar-refractivity contribution in [1.82, 2.24) is 25.5 Å². The Balaban J connectivity index is 0.00000225. The van der Waals surface area contributed by atoms with E-state index in [0.717, 1.165) is 5.56 Å². The number of hydrogen-bond acceptors (Lipinski definition) is 5. The van der Waals surface area contributed by atoms with Crippen LogP contribution in [0.1, 0.15) is 6.92 Å². The lowest BCUT2D eigenvalue weighted by atomic mass is 10.0. The number of aromatic amines is 1. The first-order valence-electron chi connectivity index (χ1n) is 8.25. The van der Waals surface area contributed by atoms with Crippen molar-refractivity contribution in [2.45, 2.75) is 6.92 Å². The summed E-state index contributed by atoms with van der Waals surface area (Å²) in [5.41, 5.74) is 2.60. The Morgan fingerprint density at radius 3 is 2.86 bits per heavy atom. The second kappa shape index (κ2) is 8.32. The van der Waals surface area contributed by atoms with Crippen LogP contribution in [-0.2, 0) is 0 Å². The Bertz CT molecular complexity index is 1100. The second-order valence-electron chi connectivity index (χ2n) is 5.67. The lowest BCUT2D eigenvalue weighted by Gasteiger charge is -2.07. The number of halogens is 2. The number of fused-ring (bicyclic) bond motifs is 1. The minimum atomic E-state index is -0.466. The van der Waals surface area contributed by atoms with E-state index in [1.54, 1.807) is 24.7 Å². The van der Waals surface area contributed by atoms with E-state index in [-0.39, 0.29) is 24.0 Å². The van der Waals surface area contributed by atoms with Crippen molar-refractivity contribution in [3.63, 3.8) is 0 Å². The summed E-state index contributed by atoms with van der Waals surface area (Å²) in [6.45, 7) is 2.29. The van der Waals surface area contributed by atoms with Crippen molar-refractivity contribution in [2.24, 2.45) is 0 Å². The van der Waals surface area contributed by atoms with Crippen LogP contribution < -0.4 is 10.6 Å². The maximum absolute atomic E-state index is 15.2. The molecule has 0 aliphatic carbocycles.